The van der Waals surface area contributed by atoms with Crippen LogP contribution < -0.4 is 10.6 Å². The van der Waals surface area contributed by atoms with Gasteiger partial charge in [-0.25, -0.2) is 13.2 Å². The molecule has 1 aromatic rings. The first-order valence-electron chi connectivity index (χ1n) is 8.20. The Bertz CT molecular complexity index is 837. The van der Waals surface area contributed by atoms with Crippen LogP contribution in [0.2, 0.25) is 5.02 Å². The van der Waals surface area contributed by atoms with Gasteiger partial charge in [-0.15, -0.1) is 0 Å². The van der Waals surface area contributed by atoms with Crippen LogP contribution >= 0.6 is 11.6 Å². The number of hydrogen-bond donors (Lipinski definition) is 2. The van der Waals surface area contributed by atoms with E-state index in [1.54, 1.807) is 0 Å². The van der Waals surface area contributed by atoms with Gasteiger partial charge in [-0.2, -0.15) is 4.31 Å². The van der Waals surface area contributed by atoms with E-state index < -0.39 is 34.4 Å². The maximum absolute atomic E-state index is 12.7. The number of nitrogens with zero attached hydrogens (tertiary/aromatic N) is 1. The lowest BCUT2D eigenvalue weighted by Crippen LogP contribution is -2.37. The summed E-state index contributed by atoms with van der Waals surface area (Å²) in [6.45, 7) is -0.0452. The maximum Gasteiger partial charge on any atom is 0.338 e. The number of esters is 1. The molecule has 0 saturated carbocycles. The summed E-state index contributed by atoms with van der Waals surface area (Å²) < 4.78 is 31.5. The van der Waals surface area contributed by atoms with Gasteiger partial charge in [-0.1, -0.05) is 11.6 Å². The number of amides is 2. The lowest BCUT2D eigenvalue weighted by atomic mass is 10.2. The van der Waals surface area contributed by atoms with Crippen molar-refractivity contribution in [2.45, 2.75) is 17.7 Å². The lowest BCUT2D eigenvalue weighted by Gasteiger charge is -2.17. The third kappa shape index (κ3) is 5.41. The van der Waals surface area contributed by atoms with Crippen LogP contribution in [0.3, 0.4) is 0 Å². The normalized spacial score (nSPS) is 14.6. The van der Waals surface area contributed by atoms with Gasteiger partial charge in [0.2, 0.25) is 15.9 Å². The van der Waals surface area contributed by atoms with E-state index in [2.05, 4.69) is 10.6 Å². The first-order valence-corrected chi connectivity index (χ1v) is 10.0. The number of ether oxygens (including phenoxy) is 1. The average molecular weight is 418 g/mol. The van der Waals surface area contributed by atoms with Gasteiger partial charge in [0.15, 0.2) is 6.61 Å². The standard InChI is InChI=1S/C16H20ClN3O6S/c1-18-14(21)9-19-15(22)10-26-16(23)11-4-5-12(17)13(8-11)27(24,25)20-6-2-3-7-20/h4-5,8H,2-3,6-7,9-10H2,1H3,(H,18,21)(H,19,22). The Hall–Kier alpha value is -2.17. The van der Waals surface area contributed by atoms with Crippen molar-refractivity contribution in [2.75, 3.05) is 33.3 Å². The Morgan fingerprint density at radius 3 is 2.48 bits per heavy atom. The molecular formula is C16H20ClN3O6S. The van der Waals surface area contributed by atoms with Crippen molar-refractivity contribution in [3.63, 3.8) is 0 Å². The largest absolute Gasteiger partial charge is 0.452 e. The molecule has 148 valence electrons. The minimum Gasteiger partial charge on any atom is -0.452 e. The summed E-state index contributed by atoms with van der Waals surface area (Å²) in [5.41, 5.74) is -0.0451. The zero-order valence-corrected chi connectivity index (χ0v) is 16.2. The van der Waals surface area contributed by atoms with Crippen LogP contribution in [0.25, 0.3) is 0 Å². The van der Waals surface area contributed by atoms with Crippen LogP contribution in [0.5, 0.6) is 0 Å². The smallest absolute Gasteiger partial charge is 0.338 e. The zero-order valence-electron chi connectivity index (χ0n) is 14.7. The molecule has 11 heteroatoms. The van der Waals surface area contributed by atoms with E-state index in [1.165, 1.54) is 23.5 Å². The summed E-state index contributed by atoms with van der Waals surface area (Å²) >= 11 is 6.02. The Kier molecular flexibility index (Phi) is 7.17. The minimum atomic E-state index is -3.81. The van der Waals surface area contributed by atoms with Crippen LogP contribution in [-0.2, 0) is 24.3 Å². The number of carbonyl (C=O) groups excluding carboxylic acids is 3. The van der Waals surface area contributed by atoms with Gasteiger partial charge < -0.3 is 15.4 Å². The van der Waals surface area contributed by atoms with Crippen molar-refractivity contribution in [1.29, 1.82) is 0 Å². The quantitative estimate of drug-likeness (QED) is 0.609. The highest BCUT2D eigenvalue weighted by atomic mass is 35.5. The molecule has 0 aliphatic carbocycles. The molecule has 0 spiro atoms. The second-order valence-electron chi connectivity index (χ2n) is 5.78. The number of carbonyl (C=O) groups is 3. The van der Waals surface area contributed by atoms with E-state index in [0.29, 0.717) is 13.1 Å². The third-order valence-corrected chi connectivity index (χ3v) is 6.29. The van der Waals surface area contributed by atoms with E-state index in [0.717, 1.165) is 18.9 Å². The van der Waals surface area contributed by atoms with E-state index in [9.17, 15) is 22.8 Å². The molecule has 0 radical (unpaired) electrons. The lowest BCUT2D eigenvalue weighted by molar-refractivity contribution is -0.127. The monoisotopic (exact) mass is 417 g/mol. The predicted octanol–water partition coefficient (Wildman–Crippen LogP) is 0.144. The second-order valence-corrected chi connectivity index (χ2v) is 8.10. The topological polar surface area (TPSA) is 122 Å². The molecule has 0 bridgehead atoms. The van der Waals surface area contributed by atoms with Gasteiger partial charge in [0, 0.05) is 20.1 Å². The van der Waals surface area contributed by atoms with Gasteiger partial charge in [-0.05, 0) is 31.0 Å². The van der Waals surface area contributed by atoms with Crippen molar-refractivity contribution in [2.24, 2.45) is 0 Å². The molecule has 9 nitrogen and oxygen atoms in total. The average Bonchev–Trinajstić information content (AvgIpc) is 3.19. The molecule has 1 aliphatic heterocycles. The van der Waals surface area contributed by atoms with Crippen LogP contribution in [0.1, 0.15) is 23.2 Å². The summed E-state index contributed by atoms with van der Waals surface area (Å²) in [7, 11) is -2.39. The molecule has 1 saturated heterocycles. The van der Waals surface area contributed by atoms with Crippen LogP contribution in [-0.4, -0.2) is 63.8 Å². The Balaban J connectivity index is 2.05. The number of benzene rings is 1. The Morgan fingerprint density at radius 2 is 1.85 bits per heavy atom. The molecule has 27 heavy (non-hydrogen) atoms. The summed E-state index contributed by atoms with van der Waals surface area (Å²) in [5.74, 6) is -1.94. The van der Waals surface area contributed by atoms with Crippen molar-refractivity contribution >= 4 is 39.4 Å². The van der Waals surface area contributed by atoms with E-state index in [4.69, 9.17) is 16.3 Å². The first kappa shape index (κ1) is 21.1. The second kappa shape index (κ2) is 9.16. The number of halogens is 1. The van der Waals surface area contributed by atoms with Crippen molar-refractivity contribution < 1.29 is 27.5 Å². The van der Waals surface area contributed by atoms with E-state index >= 15 is 0 Å². The SMILES string of the molecule is CNC(=O)CNC(=O)COC(=O)c1ccc(Cl)c(S(=O)(=O)N2CCCC2)c1. The molecular weight excluding hydrogens is 398 g/mol. The zero-order chi connectivity index (χ0) is 20.0. The third-order valence-electron chi connectivity index (χ3n) is 3.91. The fourth-order valence-electron chi connectivity index (χ4n) is 2.43. The van der Waals surface area contributed by atoms with E-state index in [1.807, 2.05) is 0 Å². The number of rotatable bonds is 7. The molecule has 0 aromatic heterocycles. The highest BCUT2D eigenvalue weighted by Gasteiger charge is 2.30. The van der Waals surface area contributed by atoms with Crippen LogP contribution in [0.15, 0.2) is 23.1 Å². The summed E-state index contributed by atoms with van der Waals surface area (Å²) in [6, 6.07) is 3.75. The van der Waals surface area contributed by atoms with Crippen molar-refractivity contribution in [3.8, 4) is 0 Å². The summed E-state index contributed by atoms with van der Waals surface area (Å²) in [6.07, 6.45) is 1.54. The van der Waals surface area contributed by atoms with Gasteiger partial charge in [-0.3, -0.25) is 9.59 Å². The molecule has 1 fully saturated rings. The molecule has 2 N–H and O–H groups in total. The number of likely N-dealkylation sites (N-methyl/N-ethyl adjacent to an activating group) is 1. The number of nitrogens with one attached hydrogen (secondary N) is 2. The Morgan fingerprint density at radius 1 is 1.19 bits per heavy atom. The fourth-order valence-corrected chi connectivity index (χ4v) is 4.45. The highest BCUT2D eigenvalue weighted by Crippen LogP contribution is 2.28. The molecule has 2 rings (SSSR count). The first-order chi connectivity index (χ1) is 12.8. The summed E-state index contributed by atoms with van der Waals surface area (Å²) in [4.78, 5) is 34.5. The molecule has 0 atom stereocenters. The van der Waals surface area contributed by atoms with Crippen molar-refractivity contribution in [1.82, 2.24) is 14.9 Å². The van der Waals surface area contributed by atoms with Gasteiger partial charge in [0.25, 0.3) is 5.91 Å². The predicted molar refractivity (Wildman–Crippen MR) is 96.8 cm³/mol. The molecule has 1 aromatic carbocycles. The number of sulfonamides is 1. The van der Waals surface area contributed by atoms with Gasteiger partial charge in [0.1, 0.15) is 4.90 Å². The minimum absolute atomic E-state index is 0.00164. The Labute approximate surface area is 162 Å². The molecule has 0 unspecified atom stereocenters. The molecule has 2 amide bonds. The molecule has 1 aliphatic rings. The van der Waals surface area contributed by atoms with Crippen molar-refractivity contribution in [3.05, 3.63) is 28.8 Å². The maximum atomic E-state index is 12.7. The van der Waals surface area contributed by atoms with Gasteiger partial charge in [0.05, 0.1) is 17.1 Å². The highest BCUT2D eigenvalue weighted by molar-refractivity contribution is 7.89. The van der Waals surface area contributed by atoms with E-state index in [-0.39, 0.29) is 22.0 Å². The molecule has 1 heterocycles. The van der Waals surface area contributed by atoms with Crippen LogP contribution in [0, 0.1) is 0 Å². The van der Waals surface area contributed by atoms with Gasteiger partial charge >= 0.3 is 5.97 Å². The summed E-state index contributed by atoms with van der Waals surface area (Å²) in [5, 5.41) is 4.60. The van der Waals surface area contributed by atoms with Crippen LogP contribution in [0.4, 0.5) is 0 Å². The number of hydrogen-bond acceptors (Lipinski definition) is 6. The fraction of sp³-hybridized carbons (Fsp3) is 0.438.